The van der Waals surface area contributed by atoms with Crippen LogP contribution in [0.15, 0.2) is 48.5 Å². The SMILES string of the molecule is Cc1nc(Nc2c(F)cccc2F)cc(C(=O)Nc2ccccc2C(C)C)n1. The number of para-hydroxylation sites is 2. The van der Waals surface area contributed by atoms with Crippen molar-refractivity contribution in [3.05, 3.63) is 77.2 Å². The summed E-state index contributed by atoms with van der Waals surface area (Å²) in [4.78, 5) is 21.0. The lowest BCUT2D eigenvalue weighted by Gasteiger charge is -2.14. The minimum atomic E-state index is -0.756. The van der Waals surface area contributed by atoms with Gasteiger partial charge in [-0.3, -0.25) is 4.79 Å². The van der Waals surface area contributed by atoms with E-state index < -0.39 is 17.5 Å². The van der Waals surface area contributed by atoms with E-state index in [1.165, 1.54) is 12.1 Å². The monoisotopic (exact) mass is 382 g/mol. The Morgan fingerprint density at radius 1 is 1.00 bits per heavy atom. The van der Waals surface area contributed by atoms with Crippen LogP contribution in [-0.2, 0) is 0 Å². The second-order valence-corrected chi connectivity index (χ2v) is 6.60. The fourth-order valence-corrected chi connectivity index (χ4v) is 2.79. The molecule has 144 valence electrons. The van der Waals surface area contributed by atoms with Gasteiger partial charge in [0.1, 0.15) is 34.7 Å². The molecule has 0 saturated heterocycles. The minimum Gasteiger partial charge on any atom is -0.335 e. The van der Waals surface area contributed by atoms with E-state index >= 15 is 0 Å². The molecule has 28 heavy (non-hydrogen) atoms. The summed E-state index contributed by atoms with van der Waals surface area (Å²) >= 11 is 0. The summed E-state index contributed by atoms with van der Waals surface area (Å²) in [6.45, 7) is 5.66. The molecule has 0 atom stereocenters. The average Bonchev–Trinajstić information content (AvgIpc) is 2.64. The molecule has 0 spiro atoms. The Labute approximate surface area is 161 Å². The molecule has 0 saturated carbocycles. The molecule has 1 heterocycles. The Bertz CT molecular complexity index is 1000. The van der Waals surface area contributed by atoms with Crippen LogP contribution in [0.25, 0.3) is 0 Å². The standard InChI is InChI=1S/C21H20F2N4O/c1-12(2)14-7-4-5-10-17(14)26-21(28)18-11-19(25-13(3)24-18)27-20-15(22)8-6-9-16(20)23/h4-12H,1-3H3,(H,26,28)(H,24,25,27). The number of hydrogen-bond donors (Lipinski definition) is 2. The first-order valence-corrected chi connectivity index (χ1v) is 8.82. The van der Waals surface area contributed by atoms with Crippen molar-refractivity contribution in [3.63, 3.8) is 0 Å². The van der Waals surface area contributed by atoms with Crippen molar-refractivity contribution >= 4 is 23.1 Å². The number of carbonyl (C=O) groups is 1. The number of halogens is 2. The third kappa shape index (κ3) is 4.31. The van der Waals surface area contributed by atoms with Gasteiger partial charge in [-0.25, -0.2) is 18.7 Å². The number of hydrogen-bond acceptors (Lipinski definition) is 4. The van der Waals surface area contributed by atoms with Crippen LogP contribution in [0, 0.1) is 18.6 Å². The number of benzene rings is 2. The number of aromatic nitrogens is 2. The molecule has 0 bridgehead atoms. The van der Waals surface area contributed by atoms with Gasteiger partial charge < -0.3 is 10.6 Å². The van der Waals surface area contributed by atoms with Crippen LogP contribution in [0.1, 0.15) is 41.6 Å². The lowest BCUT2D eigenvalue weighted by atomic mass is 10.0. The molecule has 0 aliphatic heterocycles. The number of carbonyl (C=O) groups excluding carboxylic acids is 1. The van der Waals surface area contributed by atoms with E-state index in [9.17, 15) is 13.6 Å². The summed E-state index contributed by atoms with van der Waals surface area (Å²) in [6, 6.07) is 12.4. The zero-order valence-corrected chi connectivity index (χ0v) is 15.8. The molecule has 1 aromatic heterocycles. The van der Waals surface area contributed by atoms with Gasteiger partial charge in [0.05, 0.1) is 0 Å². The summed E-state index contributed by atoms with van der Waals surface area (Å²) < 4.78 is 27.8. The first kappa shape index (κ1) is 19.4. The molecule has 5 nitrogen and oxygen atoms in total. The maximum atomic E-state index is 13.9. The molecule has 0 aliphatic rings. The topological polar surface area (TPSA) is 66.9 Å². The number of aryl methyl sites for hydroxylation is 1. The van der Waals surface area contributed by atoms with Gasteiger partial charge in [0.15, 0.2) is 0 Å². The normalized spacial score (nSPS) is 10.8. The second kappa shape index (κ2) is 8.12. The highest BCUT2D eigenvalue weighted by Crippen LogP contribution is 2.25. The smallest absolute Gasteiger partial charge is 0.274 e. The number of amides is 1. The van der Waals surface area contributed by atoms with E-state index in [0.29, 0.717) is 11.5 Å². The Morgan fingerprint density at radius 2 is 1.68 bits per heavy atom. The number of nitrogens with one attached hydrogen (secondary N) is 2. The molecule has 3 aromatic rings. The second-order valence-electron chi connectivity index (χ2n) is 6.60. The van der Waals surface area contributed by atoms with Crippen LogP contribution >= 0.6 is 0 Å². The quantitative estimate of drug-likeness (QED) is 0.638. The van der Waals surface area contributed by atoms with Gasteiger partial charge in [-0.15, -0.1) is 0 Å². The lowest BCUT2D eigenvalue weighted by Crippen LogP contribution is -2.16. The molecule has 2 N–H and O–H groups in total. The van der Waals surface area contributed by atoms with Gasteiger partial charge in [-0.2, -0.15) is 0 Å². The number of rotatable bonds is 5. The van der Waals surface area contributed by atoms with Gasteiger partial charge in [-0.05, 0) is 36.6 Å². The van der Waals surface area contributed by atoms with Crippen molar-refractivity contribution < 1.29 is 13.6 Å². The van der Waals surface area contributed by atoms with Crippen molar-refractivity contribution in [1.29, 1.82) is 0 Å². The highest BCUT2D eigenvalue weighted by molar-refractivity contribution is 6.03. The van der Waals surface area contributed by atoms with Crippen LogP contribution < -0.4 is 10.6 Å². The lowest BCUT2D eigenvalue weighted by molar-refractivity contribution is 0.102. The first-order chi connectivity index (χ1) is 13.3. The van der Waals surface area contributed by atoms with E-state index in [0.717, 1.165) is 17.7 Å². The largest absolute Gasteiger partial charge is 0.335 e. The number of anilines is 3. The fraction of sp³-hybridized carbons (Fsp3) is 0.190. The molecule has 1 amide bonds. The maximum absolute atomic E-state index is 13.9. The van der Waals surface area contributed by atoms with E-state index in [4.69, 9.17) is 0 Å². The predicted octanol–water partition coefficient (Wildman–Crippen LogP) is 5.18. The van der Waals surface area contributed by atoms with Crippen LogP contribution in [0.2, 0.25) is 0 Å². The van der Waals surface area contributed by atoms with Crippen molar-refractivity contribution in [1.82, 2.24) is 9.97 Å². The van der Waals surface area contributed by atoms with Gasteiger partial charge in [-0.1, -0.05) is 38.1 Å². The summed E-state index contributed by atoms with van der Waals surface area (Å²) in [5.41, 5.74) is 1.43. The van der Waals surface area contributed by atoms with Crippen molar-refractivity contribution in [3.8, 4) is 0 Å². The van der Waals surface area contributed by atoms with Gasteiger partial charge in [0, 0.05) is 11.8 Å². The predicted molar refractivity (Wildman–Crippen MR) is 105 cm³/mol. The third-order valence-corrected chi connectivity index (χ3v) is 4.12. The molecule has 7 heteroatoms. The van der Waals surface area contributed by atoms with E-state index in [1.54, 1.807) is 6.92 Å². The van der Waals surface area contributed by atoms with Crippen LogP contribution in [-0.4, -0.2) is 15.9 Å². The zero-order valence-electron chi connectivity index (χ0n) is 15.8. The van der Waals surface area contributed by atoms with Crippen LogP contribution in [0.3, 0.4) is 0 Å². The van der Waals surface area contributed by atoms with Crippen molar-refractivity contribution in [2.45, 2.75) is 26.7 Å². The van der Waals surface area contributed by atoms with Crippen LogP contribution in [0.4, 0.5) is 26.0 Å². The molecular weight excluding hydrogens is 362 g/mol. The summed E-state index contributed by atoms with van der Waals surface area (Å²) in [5, 5.41) is 5.43. The minimum absolute atomic E-state index is 0.0882. The summed E-state index contributed by atoms with van der Waals surface area (Å²) in [5.74, 6) is -1.30. The summed E-state index contributed by atoms with van der Waals surface area (Å²) in [6.07, 6.45) is 0. The Balaban J connectivity index is 1.88. The van der Waals surface area contributed by atoms with Crippen molar-refractivity contribution in [2.75, 3.05) is 10.6 Å². The first-order valence-electron chi connectivity index (χ1n) is 8.82. The molecule has 0 aliphatic carbocycles. The molecule has 0 unspecified atom stereocenters. The van der Waals surface area contributed by atoms with E-state index in [2.05, 4.69) is 20.6 Å². The Hall–Kier alpha value is -3.35. The molecular formula is C21H20F2N4O. The Morgan fingerprint density at radius 3 is 2.36 bits per heavy atom. The Kier molecular flexibility index (Phi) is 5.63. The van der Waals surface area contributed by atoms with Crippen LogP contribution in [0.5, 0.6) is 0 Å². The molecule has 0 radical (unpaired) electrons. The third-order valence-electron chi connectivity index (χ3n) is 4.12. The molecule has 2 aromatic carbocycles. The van der Waals surface area contributed by atoms with Gasteiger partial charge in [0.25, 0.3) is 5.91 Å². The highest BCUT2D eigenvalue weighted by Gasteiger charge is 2.15. The maximum Gasteiger partial charge on any atom is 0.274 e. The van der Waals surface area contributed by atoms with Gasteiger partial charge in [0.2, 0.25) is 0 Å². The molecule has 0 fully saturated rings. The summed E-state index contributed by atoms with van der Waals surface area (Å²) in [7, 11) is 0. The fourth-order valence-electron chi connectivity index (χ4n) is 2.79. The highest BCUT2D eigenvalue weighted by atomic mass is 19.1. The zero-order chi connectivity index (χ0) is 20.3. The van der Waals surface area contributed by atoms with Gasteiger partial charge >= 0.3 is 0 Å². The number of nitrogens with zero attached hydrogens (tertiary/aromatic N) is 2. The van der Waals surface area contributed by atoms with Crippen molar-refractivity contribution in [2.24, 2.45) is 0 Å². The average molecular weight is 382 g/mol. The van der Waals surface area contributed by atoms with E-state index in [-0.39, 0.29) is 23.1 Å². The van der Waals surface area contributed by atoms with E-state index in [1.807, 2.05) is 38.1 Å². The molecule has 3 rings (SSSR count).